The van der Waals surface area contributed by atoms with E-state index >= 15 is 0 Å². The molecule has 3 nitrogen and oxygen atoms in total. The van der Waals surface area contributed by atoms with Gasteiger partial charge in [0.2, 0.25) is 0 Å². The molecule has 0 aliphatic heterocycles. The number of amides is 1. The molecule has 1 aliphatic carbocycles. The van der Waals surface area contributed by atoms with E-state index < -0.39 is 0 Å². The minimum atomic E-state index is -0.0820. The Hall–Kier alpha value is -1.77. The molecule has 1 saturated carbocycles. The molecule has 3 rings (SSSR count). The van der Waals surface area contributed by atoms with Gasteiger partial charge in [0.1, 0.15) is 5.58 Å². The fourth-order valence-corrected chi connectivity index (χ4v) is 3.20. The van der Waals surface area contributed by atoms with Crippen LogP contribution in [0.2, 0.25) is 0 Å². The molecule has 106 valence electrons. The van der Waals surface area contributed by atoms with Crippen LogP contribution >= 0.6 is 0 Å². The Morgan fingerprint density at radius 2 is 2.10 bits per heavy atom. The van der Waals surface area contributed by atoms with E-state index in [2.05, 4.69) is 19.2 Å². The summed E-state index contributed by atoms with van der Waals surface area (Å²) < 4.78 is 5.71. The Kier molecular flexibility index (Phi) is 3.08. The fraction of sp³-hybridized carbons (Fsp3) is 0.471. The third kappa shape index (κ3) is 2.33. The Morgan fingerprint density at radius 1 is 1.35 bits per heavy atom. The Balaban J connectivity index is 1.81. The molecule has 1 atom stereocenters. The Labute approximate surface area is 119 Å². The highest BCUT2D eigenvalue weighted by Crippen LogP contribution is 2.37. The largest absolute Gasteiger partial charge is 0.451 e. The van der Waals surface area contributed by atoms with E-state index in [1.165, 1.54) is 0 Å². The van der Waals surface area contributed by atoms with E-state index in [1.807, 2.05) is 31.2 Å². The topological polar surface area (TPSA) is 42.2 Å². The normalized spacial score (nSPS) is 21.2. The first-order valence-corrected chi connectivity index (χ1v) is 7.25. The highest BCUT2D eigenvalue weighted by molar-refractivity contribution is 5.99. The summed E-state index contributed by atoms with van der Waals surface area (Å²) in [5.74, 6) is 0.373. The summed E-state index contributed by atoms with van der Waals surface area (Å²) in [4.78, 5) is 12.4. The number of fused-ring (bicyclic) bond motifs is 1. The predicted octanol–water partition coefficient (Wildman–Crippen LogP) is 4.05. The molecule has 20 heavy (non-hydrogen) atoms. The summed E-state index contributed by atoms with van der Waals surface area (Å²) in [5, 5.41) is 4.14. The first kappa shape index (κ1) is 13.2. The van der Waals surface area contributed by atoms with Gasteiger partial charge in [-0.1, -0.05) is 32.0 Å². The molecule has 0 spiro atoms. The van der Waals surface area contributed by atoms with Crippen LogP contribution in [0.5, 0.6) is 0 Å². The van der Waals surface area contributed by atoms with Crippen LogP contribution in [0.3, 0.4) is 0 Å². The van der Waals surface area contributed by atoms with Crippen LogP contribution in [0.25, 0.3) is 11.0 Å². The molecule has 3 heteroatoms. The summed E-state index contributed by atoms with van der Waals surface area (Å²) in [7, 11) is 0. The van der Waals surface area contributed by atoms with Crippen molar-refractivity contribution >= 4 is 16.9 Å². The third-order valence-electron chi connectivity index (χ3n) is 4.35. The van der Waals surface area contributed by atoms with Gasteiger partial charge in [-0.3, -0.25) is 4.79 Å². The second-order valence-corrected chi connectivity index (χ2v) is 6.63. The lowest BCUT2D eigenvalue weighted by molar-refractivity contribution is 0.0909. The number of furan rings is 1. The Bertz CT molecular complexity index is 654. The van der Waals surface area contributed by atoms with Crippen molar-refractivity contribution in [2.24, 2.45) is 5.41 Å². The molecular weight excluding hydrogens is 250 g/mol. The molecule has 0 bridgehead atoms. The van der Waals surface area contributed by atoms with E-state index in [-0.39, 0.29) is 11.9 Å². The SMILES string of the molecule is Cc1c(C(=O)NC2CCC(C)(C)C2)oc2ccccc12. The van der Waals surface area contributed by atoms with Gasteiger partial charge in [0.15, 0.2) is 5.76 Å². The molecule has 1 aliphatic rings. The van der Waals surface area contributed by atoms with Crippen molar-refractivity contribution in [3.63, 3.8) is 0 Å². The average molecular weight is 271 g/mol. The van der Waals surface area contributed by atoms with Gasteiger partial charge >= 0.3 is 0 Å². The van der Waals surface area contributed by atoms with Crippen molar-refractivity contribution in [2.45, 2.75) is 46.1 Å². The second kappa shape index (κ2) is 4.65. The maximum absolute atomic E-state index is 12.4. The zero-order valence-corrected chi connectivity index (χ0v) is 12.3. The number of hydrogen-bond donors (Lipinski definition) is 1. The summed E-state index contributed by atoms with van der Waals surface area (Å²) in [6.07, 6.45) is 3.26. The van der Waals surface area contributed by atoms with Gasteiger partial charge in [-0.2, -0.15) is 0 Å². The van der Waals surface area contributed by atoms with Gasteiger partial charge in [0.25, 0.3) is 5.91 Å². The Morgan fingerprint density at radius 3 is 2.75 bits per heavy atom. The fourth-order valence-electron chi connectivity index (χ4n) is 3.20. The van der Waals surface area contributed by atoms with Crippen LogP contribution in [0, 0.1) is 12.3 Å². The van der Waals surface area contributed by atoms with Crippen molar-refractivity contribution in [2.75, 3.05) is 0 Å². The summed E-state index contributed by atoms with van der Waals surface area (Å²) >= 11 is 0. The smallest absolute Gasteiger partial charge is 0.287 e. The molecule has 1 aromatic carbocycles. The lowest BCUT2D eigenvalue weighted by atomic mass is 9.92. The molecule has 2 aromatic rings. The van der Waals surface area contributed by atoms with Crippen LogP contribution in [-0.4, -0.2) is 11.9 Å². The minimum absolute atomic E-state index is 0.0820. The number of hydrogen-bond acceptors (Lipinski definition) is 2. The molecule has 0 saturated heterocycles. The number of rotatable bonds is 2. The predicted molar refractivity (Wildman–Crippen MR) is 79.8 cm³/mol. The standard InChI is InChI=1S/C17H21NO2/c1-11-13-6-4-5-7-14(13)20-15(11)16(19)18-12-8-9-17(2,3)10-12/h4-7,12H,8-10H2,1-3H3,(H,18,19). The molecular formula is C17H21NO2. The first-order chi connectivity index (χ1) is 9.46. The third-order valence-corrected chi connectivity index (χ3v) is 4.35. The maximum Gasteiger partial charge on any atom is 0.287 e. The summed E-state index contributed by atoms with van der Waals surface area (Å²) in [5.41, 5.74) is 2.04. The van der Waals surface area contributed by atoms with Crippen molar-refractivity contribution in [1.29, 1.82) is 0 Å². The van der Waals surface area contributed by atoms with Crippen LogP contribution in [0.4, 0.5) is 0 Å². The average Bonchev–Trinajstić information content (AvgIpc) is 2.91. The van der Waals surface area contributed by atoms with E-state index in [1.54, 1.807) is 0 Å². The molecule has 1 fully saturated rings. The molecule has 1 heterocycles. The van der Waals surface area contributed by atoms with Gasteiger partial charge in [0.05, 0.1) is 0 Å². The number of benzene rings is 1. The number of nitrogens with one attached hydrogen (secondary N) is 1. The van der Waals surface area contributed by atoms with Crippen molar-refractivity contribution < 1.29 is 9.21 Å². The minimum Gasteiger partial charge on any atom is -0.451 e. The molecule has 1 amide bonds. The van der Waals surface area contributed by atoms with E-state index in [0.29, 0.717) is 11.2 Å². The number of carbonyl (C=O) groups excluding carboxylic acids is 1. The monoisotopic (exact) mass is 271 g/mol. The highest BCUT2D eigenvalue weighted by Gasteiger charge is 2.32. The van der Waals surface area contributed by atoms with E-state index in [4.69, 9.17) is 4.42 Å². The van der Waals surface area contributed by atoms with Crippen molar-refractivity contribution in [1.82, 2.24) is 5.32 Å². The number of aryl methyl sites for hydroxylation is 1. The maximum atomic E-state index is 12.4. The van der Waals surface area contributed by atoms with Gasteiger partial charge in [-0.25, -0.2) is 0 Å². The van der Waals surface area contributed by atoms with Gasteiger partial charge in [-0.05, 0) is 37.7 Å². The molecule has 1 unspecified atom stereocenters. The molecule has 0 radical (unpaired) electrons. The van der Waals surface area contributed by atoms with E-state index in [9.17, 15) is 4.79 Å². The lowest BCUT2D eigenvalue weighted by Gasteiger charge is -2.17. The first-order valence-electron chi connectivity index (χ1n) is 7.25. The van der Waals surface area contributed by atoms with Crippen molar-refractivity contribution in [3.05, 3.63) is 35.6 Å². The summed E-state index contributed by atoms with van der Waals surface area (Å²) in [6, 6.07) is 8.05. The molecule has 1 aromatic heterocycles. The zero-order valence-electron chi connectivity index (χ0n) is 12.3. The number of carbonyl (C=O) groups is 1. The van der Waals surface area contributed by atoms with Crippen LogP contribution in [0.1, 0.15) is 49.2 Å². The zero-order chi connectivity index (χ0) is 14.3. The second-order valence-electron chi connectivity index (χ2n) is 6.63. The van der Waals surface area contributed by atoms with Crippen molar-refractivity contribution in [3.8, 4) is 0 Å². The quantitative estimate of drug-likeness (QED) is 0.895. The van der Waals surface area contributed by atoms with Crippen LogP contribution < -0.4 is 5.32 Å². The molecule has 1 N–H and O–H groups in total. The highest BCUT2D eigenvalue weighted by atomic mass is 16.3. The van der Waals surface area contributed by atoms with Gasteiger partial charge < -0.3 is 9.73 Å². The number of para-hydroxylation sites is 1. The van der Waals surface area contributed by atoms with Crippen LogP contribution in [-0.2, 0) is 0 Å². The van der Waals surface area contributed by atoms with Crippen LogP contribution in [0.15, 0.2) is 28.7 Å². The lowest BCUT2D eigenvalue weighted by Crippen LogP contribution is -2.33. The van der Waals surface area contributed by atoms with E-state index in [0.717, 1.165) is 35.8 Å². The van der Waals surface area contributed by atoms with Gasteiger partial charge in [0, 0.05) is 17.0 Å². The summed E-state index contributed by atoms with van der Waals surface area (Å²) in [6.45, 7) is 6.45. The van der Waals surface area contributed by atoms with Gasteiger partial charge in [-0.15, -0.1) is 0 Å².